The van der Waals surface area contributed by atoms with Gasteiger partial charge in [-0.3, -0.25) is 4.57 Å². The smallest absolute Gasteiger partial charge is 0.343 e. The van der Waals surface area contributed by atoms with Gasteiger partial charge in [-0.25, -0.2) is 14.3 Å². The molecule has 0 radical (unpaired) electrons. The zero-order chi connectivity index (χ0) is 13.8. The molecular formula is C13H16FN3O2. The van der Waals surface area contributed by atoms with Crippen molar-refractivity contribution in [3.8, 4) is 0 Å². The van der Waals surface area contributed by atoms with Gasteiger partial charge in [0.25, 0.3) is 0 Å². The van der Waals surface area contributed by atoms with Gasteiger partial charge in [-0.2, -0.15) is 5.10 Å². The molecule has 2 rings (SSSR count). The van der Waals surface area contributed by atoms with Gasteiger partial charge in [0, 0.05) is 13.0 Å². The molecule has 2 aromatic rings. The number of aromatic nitrogens is 3. The van der Waals surface area contributed by atoms with Crippen molar-refractivity contribution in [1.29, 1.82) is 0 Å². The summed E-state index contributed by atoms with van der Waals surface area (Å²) in [4.78, 5) is 11.8. The summed E-state index contributed by atoms with van der Waals surface area (Å²) >= 11 is 0. The van der Waals surface area contributed by atoms with Gasteiger partial charge in [0.1, 0.15) is 11.6 Å². The Morgan fingerprint density at radius 3 is 2.74 bits per heavy atom. The first kappa shape index (κ1) is 13.5. The molecule has 0 fully saturated rings. The molecule has 0 aliphatic rings. The molecule has 0 saturated carbocycles. The maximum atomic E-state index is 12.9. The molecule has 0 saturated heterocycles. The van der Waals surface area contributed by atoms with Gasteiger partial charge >= 0.3 is 5.69 Å². The Hall–Kier alpha value is -1.95. The lowest BCUT2D eigenvalue weighted by Gasteiger charge is -2.14. The Morgan fingerprint density at radius 2 is 2.11 bits per heavy atom. The van der Waals surface area contributed by atoms with Crippen LogP contribution in [0, 0.1) is 5.82 Å². The number of benzene rings is 1. The molecule has 0 amide bonds. The molecule has 1 heterocycles. The van der Waals surface area contributed by atoms with Crippen LogP contribution >= 0.6 is 0 Å². The lowest BCUT2D eigenvalue weighted by Crippen LogP contribution is -2.23. The molecule has 0 unspecified atom stereocenters. The molecule has 0 spiro atoms. The highest BCUT2D eigenvalue weighted by atomic mass is 19.1. The van der Waals surface area contributed by atoms with Gasteiger partial charge in [-0.15, -0.1) is 0 Å². The summed E-state index contributed by atoms with van der Waals surface area (Å²) in [6.45, 7) is 1.90. The van der Waals surface area contributed by atoms with Crippen molar-refractivity contribution < 1.29 is 9.50 Å². The van der Waals surface area contributed by atoms with Crippen LogP contribution in [0.25, 0.3) is 0 Å². The van der Waals surface area contributed by atoms with Gasteiger partial charge in [-0.1, -0.05) is 12.1 Å². The highest BCUT2D eigenvalue weighted by Gasteiger charge is 2.16. The maximum absolute atomic E-state index is 12.9. The average molecular weight is 265 g/mol. The molecule has 6 heteroatoms. The molecule has 19 heavy (non-hydrogen) atoms. The molecular weight excluding hydrogens is 249 g/mol. The van der Waals surface area contributed by atoms with E-state index in [2.05, 4.69) is 10.2 Å². The Morgan fingerprint density at radius 1 is 1.42 bits per heavy atom. The molecule has 102 valence electrons. The summed E-state index contributed by atoms with van der Waals surface area (Å²) in [5.41, 5.74) is 0.528. The number of H-pyrrole nitrogens is 1. The van der Waals surface area contributed by atoms with Gasteiger partial charge in [0.05, 0.1) is 6.04 Å². The fourth-order valence-corrected chi connectivity index (χ4v) is 2.04. The van der Waals surface area contributed by atoms with Crippen LogP contribution in [-0.4, -0.2) is 26.5 Å². The van der Waals surface area contributed by atoms with Crippen molar-refractivity contribution in [2.75, 3.05) is 6.61 Å². The number of hydrogen-bond donors (Lipinski definition) is 2. The number of halogens is 1. The average Bonchev–Trinajstić information content (AvgIpc) is 2.77. The molecule has 0 aliphatic carbocycles. The van der Waals surface area contributed by atoms with E-state index >= 15 is 0 Å². The lowest BCUT2D eigenvalue weighted by atomic mass is 10.1. The fourth-order valence-electron chi connectivity index (χ4n) is 2.04. The Bertz CT molecular complexity index is 589. The summed E-state index contributed by atoms with van der Waals surface area (Å²) in [5, 5.41) is 15.2. The van der Waals surface area contributed by atoms with Crippen molar-refractivity contribution in [1.82, 2.24) is 14.8 Å². The van der Waals surface area contributed by atoms with E-state index < -0.39 is 0 Å². The number of aliphatic hydroxyl groups excluding tert-OH is 1. The number of rotatable bonds is 5. The van der Waals surface area contributed by atoms with E-state index in [9.17, 15) is 9.18 Å². The number of aromatic amines is 1. The first-order valence-electron chi connectivity index (χ1n) is 6.15. The SMILES string of the molecule is C[C@H](c1ccc(F)cc1)n1c(CCCO)n[nH]c1=O. The Labute approximate surface area is 109 Å². The number of nitrogens with one attached hydrogen (secondary N) is 1. The number of aryl methyl sites for hydroxylation is 1. The topological polar surface area (TPSA) is 70.9 Å². The molecule has 1 atom stereocenters. The zero-order valence-electron chi connectivity index (χ0n) is 10.6. The zero-order valence-corrected chi connectivity index (χ0v) is 10.6. The van der Waals surface area contributed by atoms with E-state index in [1.54, 1.807) is 12.1 Å². The largest absolute Gasteiger partial charge is 0.396 e. The van der Waals surface area contributed by atoms with Crippen molar-refractivity contribution in [3.63, 3.8) is 0 Å². The van der Waals surface area contributed by atoms with Crippen molar-refractivity contribution in [2.45, 2.75) is 25.8 Å². The summed E-state index contributed by atoms with van der Waals surface area (Å²) in [6, 6.07) is 5.79. The highest BCUT2D eigenvalue weighted by molar-refractivity contribution is 5.20. The monoisotopic (exact) mass is 265 g/mol. The fraction of sp³-hybridized carbons (Fsp3) is 0.385. The highest BCUT2D eigenvalue weighted by Crippen LogP contribution is 2.18. The van der Waals surface area contributed by atoms with Gasteiger partial charge in [-0.05, 0) is 31.0 Å². The van der Waals surface area contributed by atoms with Crippen LogP contribution < -0.4 is 5.69 Å². The summed E-state index contributed by atoms with van der Waals surface area (Å²) in [5.74, 6) is 0.284. The van der Waals surface area contributed by atoms with Gasteiger partial charge in [0.2, 0.25) is 0 Å². The molecule has 2 N–H and O–H groups in total. The molecule has 0 aliphatic heterocycles. The van der Waals surface area contributed by atoms with Crippen molar-refractivity contribution >= 4 is 0 Å². The predicted octanol–water partition coefficient (Wildman–Crippen LogP) is 1.24. The van der Waals surface area contributed by atoms with Crippen LogP contribution in [0.1, 0.15) is 30.8 Å². The molecule has 1 aromatic carbocycles. The third-order valence-corrected chi connectivity index (χ3v) is 3.08. The van der Waals surface area contributed by atoms with Crippen molar-refractivity contribution in [2.24, 2.45) is 0 Å². The molecule has 1 aromatic heterocycles. The van der Waals surface area contributed by atoms with E-state index in [0.717, 1.165) is 5.56 Å². The molecule has 0 bridgehead atoms. The van der Waals surface area contributed by atoms with E-state index in [1.807, 2.05) is 6.92 Å². The van der Waals surface area contributed by atoms with Crippen LogP contribution in [0.15, 0.2) is 29.1 Å². The quantitative estimate of drug-likeness (QED) is 0.854. The number of aliphatic hydroxyl groups is 1. The summed E-state index contributed by atoms with van der Waals surface area (Å²) in [6.07, 6.45) is 1.06. The second-order valence-electron chi connectivity index (χ2n) is 4.37. The van der Waals surface area contributed by atoms with Crippen LogP contribution in [0.3, 0.4) is 0 Å². The minimum Gasteiger partial charge on any atom is -0.396 e. The Kier molecular flexibility index (Phi) is 4.11. The first-order chi connectivity index (χ1) is 9.13. The Balaban J connectivity index is 2.32. The van der Waals surface area contributed by atoms with E-state index in [-0.39, 0.29) is 24.2 Å². The standard InChI is InChI=1S/C13H16FN3O2/c1-9(10-4-6-11(14)7-5-10)17-12(3-2-8-18)15-16-13(17)19/h4-7,9,18H,2-3,8H2,1H3,(H,16,19)/t9-/m1/s1. The van der Waals surface area contributed by atoms with Crippen LogP contribution in [0.2, 0.25) is 0 Å². The summed E-state index contributed by atoms with van der Waals surface area (Å²) < 4.78 is 14.4. The minimum atomic E-state index is -0.309. The normalized spacial score (nSPS) is 12.6. The second kappa shape index (κ2) is 5.79. The van der Waals surface area contributed by atoms with Crippen LogP contribution in [0.4, 0.5) is 4.39 Å². The third kappa shape index (κ3) is 2.90. The lowest BCUT2D eigenvalue weighted by molar-refractivity contribution is 0.286. The van der Waals surface area contributed by atoms with E-state index in [1.165, 1.54) is 16.7 Å². The van der Waals surface area contributed by atoms with Gasteiger partial charge < -0.3 is 5.11 Å². The number of hydrogen-bond acceptors (Lipinski definition) is 3. The first-order valence-corrected chi connectivity index (χ1v) is 6.15. The predicted molar refractivity (Wildman–Crippen MR) is 68.5 cm³/mol. The maximum Gasteiger partial charge on any atom is 0.343 e. The third-order valence-electron chi connectivity index (χ3n) is 3.08. The van der Waals surface area contributed by atoms with E-state index in [0.29, 0.717) is 18.7 Å². The minimum absolute atomic E-state index is 0.0476. The van der Waals surface area contributed by atoms with Gasteiger partial charge in [0.15, 0.2) is 0 Å². The summed E-state index contributed by atoms with van der Waals surface area (Å²) in [7, 11) is 0. The molecule has 5 nitrogen and oxygen atoms in total. The van der Waals surface area contributed by atoms with Crippen LogP contribution in [0.5, 0.6) is 0 Å². The number of nitrogens with zero attached hydrogens (tertiary/aromatic N) is 2. The van der Waals surface area contributed by atoms with E-state index in [4.69, 9.17) is 5.11 Å². The van der Waals surface area contributed by atoms with Crippen molar-refractivity contribution in [3.05, 3.63) is 52.0 Å². The second-order valence-corrected chi connectivity index (χ2v) is 4.37. The van der Waals surface area contributed by atoms with Crippen LogP contribution in [-0.2, 0) is 6.42 Å².